The number of benzene rings is 2. The lowest BCUT2D eigenvalue weighted by molar-refractivity contribution is -0.139. The molecule has 2 saturated heterocycles. The van der Waals surface area contributed by atoms with Crippen LogP contribution in [0.3, 0.4) is 0 Å². The number of hydrogen-bond acceptors (Lipinski definition) is 5. The number of rotatable bonds is 8. The van der Waals surface area contributed by atoms with E-state index in [1.807, 2.05) is 36.2 Å². The van der Waals surface area contributed by atoms with Crippen molar-refractivity contribution < 1.29 is 27.5 Å². The number of alkyl halides is 3. The fraction of sp³-hybridized carbons (Fsp3) is 0.448. The summed E-state index contributed by atoms with van der Waals surface area (Å²) in [7, 11) is 1.63. The van der Waals surface area contributed by atoms with Gasteiger partial charge >= 0.3 is 6.18 Å². The van der Waals surface area contributed by atoms with Crippen molar-refractivity contribution in [3.63, 3.8) is 0 Å². The number of halogens is 3. The molecule has 2 aliphatic rings. The molecule has 0 unspecified atom stereocenters. The molecule has 0 bridgehead atoms. The van der Waals surface area contributed by atoms with Gasteiger partial charge in [-0.1, -0.05) is 6.07 Å². The Balaban J connectivity index is 1.53. The molecule has 3 aromatic rings. The molecule has 5 rings (SSSR count). The smallest absolute Gasteiger partial charge is 0.390 e. The number of aryl methyl sites for hydroxylation is 1. The second kappa shape index (κ2) is 11.1. The van der Waals surface area contributed by atoms with Crippen LogP contribution in [0.1, 0.15) is 52.4 Å². The zero-order chi connectivity index (χ0) is 28.6. The number of anilines is 1. The van der Waals surface area contributed by atoms with Gasteiger partial charge in [0.15, 0.2) is 0 Å². The number of aromatic amines is 1. The molecule has 0 saturated carbocycles. The summed E-state index contributed by atoms with van der Waals surface area (Å²) in [6, 6.07) is 8.94. The Hall–Kier alpha value is -3.57. The zero-order valence-electron chi connectivity index (χ0n) is 22.7. The van der Waals surface area contributed by atoms with Gasteiger partial charge in [0, 0.05) is 74.4 Å². The first-order valence-corrected chi connectivity index (χ1v) is 13.5. The summed E-state index contributed by atoms with van der Waals surface area (Å²) in [5.74, 6) is 0.0364. The van der Waals surface area contributed by atoms with Crippen molar-refractivity contribution in [1.82, 2.24) is 14.8 Å². The Labute approximate surface area is 230 Å². The van der Waals surface area contributed by atoms with Crippen LogP contribution in [-0.4, -0.2) is 72.6 Å². The summed E-state index contributed by atoms with van der Waals surface area (Å²) in [6.45, 7) is 4.28. The lowest BCUT2D eigenvalue weighted by atomic mass is 9.97. The summed E-state index contributed by atoms with van der Waals surface area (Å²) in [5.41, 5.74) is 10.2. The summed E-state index contributed by atoms with van der Waals surface area (Å²) >= 11 is 0. The minimum absolute atomic E-state index is 0.0776. The van der Waals surface area contributed by atoms with Crippen molar-refractivity contribution in [3.05, 3.63) is 58.8 Å². The van der Waals surface area contributed by atoms with E-state index >= 15 is 0 Å². The average molecular weight is 558 g/mol. The number of primary amides is 1. The maximum Gasteiger partial charge on any atom is 0.390 e. The average Bonchev–Trinajstić information content (AvgIpc) is 3.58. The Morgan fingerprint density at radius 3 is 2.65 bits per heavy atom. The van der Waals surface area contributed by atoms with Crippen LogP contribution in [0.4, 0.5) is 18.9 Å². The van der Waals surface area contributed by atoms with Crippen LogP contribution in [0.5, 0.6) is 5.75 Å². The highest BCUT2D eigenvalue weighted by atomic mass is 19.4. The van der Waals surface area contributed by atoms with Crippen LogP contribution < -0.4 is 15.4 Å². The quantitative estimate of drug-likeness (QED) is 0.425. The summed E-state index contributed by atoms with van der Waals surface area (Å²) in [6.07, 6.45) is -2.17. The first kappa shape index (κ1) is 28.0. The van der Waals surface area contributed by atoms with E-state index in [1.54, 1.807) is 24.1 Å². The summed E-state index contributed by atoms with van der Waals surface area (Å²) in [5, 5.41) is 1.03. The number of nitrogens with one attached hydrogen (secondary N) is 1. The van der Waals surface area contributed by atoms with Gasteiger partial charge in [-0.2, -0.15) is 13.2 Å². The number of carbonyl (C=O) groups excluding carboxylic acids is 2. The highest BCUT2D eigenvalue weighted by Gasteiger charge is 2.34. The number of hydrogen-bond donors (Lipinski definition) is 2. The van der Waals surface area contributed by atoms with Gasteiger partial charge in [0.2, 0.25) is 5.91 Å². The Kier molecular flexibility index (Phi) is 7.78. The van der Waals surface area contributed by atoms with Crippen molar-refractivity contribution in [2.24, 2.45) is 5.73 Å². The molecule has 40 heavy (non-hydrogen) atoms. The van der Waals surface area contributed by atoms with Crippen LogP contribution in [0.2, 0.25) is 0 Å². The summed E-state index contributed by atoms with van der Waals surface area (Å²) < 4.78 is 45.0. The van der Waals surface area contributed by atoms with Gasteiger partial charge in [-0.15, -0.1) is 0 Å². The number of methoxy groups -OCH3 is 1. The highest BCUT2D eigenvalue weighted by Crippen LogP contribution is 2.37. The van der Waals surface area contributed by atoms with E-state index in [4.69, 9.17) is 10.5 Å². The van der Waals surface area contributed by atoms with Crippen molar-refractivity contribution in [2.75, 3.05) is 44.7 Å². The Morgan fingerprint density at radius 1 is 1.18 bits per heavy atom. The molecule has 2 aromatic carbocycles. The fourth-order valence-corrected chi connectivity index (χ4v) is 5.95. The third kappa shape index (κ3) is 5.66. The van der Waals surface area contributed by atoms with E-state index in [0.717, 1.165) is 33.3 Å². The predicted molar refractivity (Wildman–Crippen MR) is 146 cm³/mol. The highest BCUT2D eigenvalue weighted by molar-refractivity contribution is 6.05. The predicted octanol–water partition coefficient (Wildman–Crippen LogP) is 4.52. The maximum atomic E-state index is 13.1. The largest absolute Gasteiger partial charge is 0.496 e. The zero-order valence-corrected chi connectivity index (χ0v) is 22.7. The van der Waals surface area contributed by atoms with Crippen LogP contribution in [-0.2, 0) is 11.3 Å². The second-order valence-electron chi connectivity index (χ2n) is 10.6. The van der Waals surface area contributed by atoms with Crippen molar-refractivity contribution in [3.8, 4) is 5.75 Å². The van der Waals surface area contributed by atoms with Crippen LogP contribution in [0.25, 0.3) is 10.9 Å². The third-order valence-electron chi connectivity index (χ3n) is 8.02. The monoisotopic (exact) mass is 557 g/mol. The fourth-order valence-electron chi connectivity index (χ4n) is 5.95. The Morgan fingerprint density at radius 2 is 1.98 bits per heavy atom. The van der Waals surface area contributed by atoms with E-state index in [-0.39, 0.29) is 24.1 Å². The number of amides is 2. The minimum atomic E-state index is -4.24. The van der Waals surface area contributed by atoms with Crippen molar-refractivity contribution in [2.45, 2.75) is 44.9 Å². The van der Waals surface area contributed by atoms with Gasteiger partial charge in [0.05, 0.1) is 24.8 Å². The molecule has 3 heterocycles. The number of ether oxygens (including phenoxy) is 1. The molecular formula is C29H34F3N5O3. The minimum Gasteiger partial charge on any atom is -0.496 e. The lowest BCUT2D eigenvalue weighted by Gasteiger charge is -2.42. The molecule has 1 aromatic heterocycles. The number of fused-ring (bicyclic) bond motifs is 1. The molecule has 2 aliphatic heterocycles. The maximum absolute atomic E-state index is 13.1. The molecule has 0 radical (unpaired) electrons. The molecule has 0 spiro atoms. The molecule has 11 heteroatoms. The first-order valence-electron chi connectivity index (χ1n) is 13.5. The van der Waals surface area contributed by atoms with Gasteiger partial charge in [-0.05, 0) is 48.7 Å². The van der Waals surface area contributed by atoms with Gasteiger partial charge in [-0.25, -0.2) is 0 Å². The molecule has 2 amide bonds. The van der Waals surface area contributed by atoms with Crippen molar-refractivity contribution in [1.29, 1.82) is 0 Å². The van der Waals surface area contributed by atoms with Crippen LogP contribution in [0.15, 0.2) is 36.5 Å². The molecule has 2 fully saturated rings. The Bertz CT molecular complexity index is 1420. The van der Waals surface area contributed by atoms with Gasteiger partial charge in [0.1, 0.15) is 5.75 Å². The van der Waals surface area contributed by atoms with E-state index in [9.17, 15) is 22.8 Å². The van der Waals surface area contributed by atoms with E-state index in [2.05, 4.69) is 9.88 Å². The molecular weight excluding hydrogens is 523 g/mol. The van der Waals surface area contributed by atoms with E-state index in [0.29, 0.717) is 51.3 Å². The second-order valence-corrected chi connectivity index (χ2v) is 10.6. The summed E-state index contributed by atoms with van der Waals surface area (Å²) in [4.78, 5) is 33.8. The van der Waals surface area contributed by atoms with Crippen LogP contribution in [0, 0.1) is 6.92 Å². The molecule has 0 aliphatic carbocycles. The normalized spacial score (nSPS) is 19.1. The molecule has 1 atom stereocenters. The molecule has 3 N–H and O–H groups in total. The van der Waals surface area contributed by atoms with Gasteiger partial charge in [-0.3, -0.25) is 19.4 Å². The number of nitrogens with two attached hydrogens (primary N) is 1. The van der Waals surface area contributed by atoms with E-state index < -0.39 is 18.5 Å². The number of carbonyl (C=O) groups is 2. The number of nitrogens with zero attached hydrogens (tertiary/aromatic N) is 3. The first-order chi connectivity index (χ1) is 19.1. The SMILES string of the molecule is COc1cc(C)c2[nH]ccc2c1CN1CCN(CCC(F)(F)F)C[C@H]1c1ccc(C(N)=O)c(N2CCCC2=O)c1. The van der Waals surface area contributed by atoms with E-state index in [1.165, 1.54) is 0 Å². The third-order valence-corrected chi connectivity index (χ3v) is 8.02. The van der Waals surface area contributed by atoms with Crippen LogP contribution >= 0.6 is 0 Å². The number of piperazine rings is 1. The molecule has 8 nitrogen and oxygen atoms in total. The molecule has 214 valence electrons. The number of H-pyrrole nitrogens is 1. The lowest BCUT2D eigenvalue weighted by Crippen LogP contribution is -2.48. The standard InChI is InChI=1S/C29H34F3N5O3/c1-18-14-25(40-2)22(20-7-9-34-27(18)20)16-36-13-12-35(11-8-29(30,31)32)17-24(36)19-5-6-21(28(33)39)23(15-19)37-10-3-4-26(37)38/h5-7,9,14-15,24,34H,3-4,8,10-13,16-17H2,1-2H3,(H2,33,39)/t24-/m0/s1. The van der Waals surface area contributed by atoms with Crippen molar-refractivity contribution >= 4 is 28.4 Å². The van der Waals surface area contributed by atoms with Gasteiger partial charge in [0.25, 0.3) is 5.91 Å². The van der Waals surface area contributed by atoms with Gasteiger partial charge < -0.3 is 20.4 Å². The topological polar surface area (TPSA) is 94.9 Å². The number of aromatic nitrogens is 1.